The van der Waals surface area contributed by atoms with Crippen molar-refractivity contribution in [1.82, 2.24) is 9.80 Å². The highest BCUT2D eigenvalue weighted by Crippen LogP contribution is 2.45. The number of amides is 1. The second-order valence-electron chi connectivity index (χ2n) is 10.7. The number of piperidine rings is 2. The van der Waals surface area contributed by atoms with Gasteiger partial charge in [-0.25, -0.2) is 8.78 Å². The molecule has 2 aromatic rings. The number of benzene rings is 2. The van der Waals surface area contributed by atoms with Crippen molar-refractivity contribution in [1.29, 1.82) is 0 Å². The van der Waals surface area contributed by atoms with E-state index in [1.54, 1.807) is 0 Å². The van der Waals surface area contributed by atoms with Crippen LogP contribution in [-0.2, 0) is 10.2 Å². The van der Waals surface area contributed by atoms with Crippen LogP contribution >= 0.6 is 11.6 Å². The summed E-state index contributed by atoms with van der Waals surface area (Å²) >= 11 is 6.14. The summed E-state index contributed by atoms with van der Waals surface area (Å²) in [6.07, 6.45) is 1.73. The van der Waals surface area contributed by atoms with Gasteiger partial charge in [0, 0.05) is 54.4 Å². The van der Waals surface area contributed by atoms with Crippen LogP contribution in [0.5, 0.6) is 0 Å². The zero-order valence-electron chi connectivity index (χ0n) is 20.9. The second-order valence-corrected chi connectivity index (χ2v) is 11.2. The lowest BCUT2D eigenvalue weighted by Crippen LogP contribution is -2.64. The average Bonchev–Trinajstić information content (AvgIpc) is 3.22. The predicted octanol–water partition coefficient (Wildman–Crippen LogP) is 2.78. The van der Waals surface area contributed by atoms with Gasteiger partial charge in [-0.15, -0.1) is 0 Å². The summed E-state index contributed by atoms with van der Waals surface area (Å²) in [7, 11) is 0. The third-order valence-electron chi connectivity index (χ3n) is 8.36. The van der Waals surface area contributed by atoms with Crippen LogP contribution in [0.3, 0.4) is 0 Å². The summed E-state index contributed by atoms with van der Waals surface area (Å²) < 4.78 is 26.7. The molecule has 2 fully saturated rings. The fourth-order valence-electron chi connectivity index (χ4n) is 5.97. The molecule has 3 heterocycles. The zero-order valence-corrected chi connectivity index (χ0v) is 21.7. The van der Waals surface area contributed by atoms with Crippen LogP contribution in [-0.4, -0.2) is 88.1 Å². The molecule has 0 aliphatic carbocycles. The molecule has 3 atom stereocenters. The van der Waals surface area contributed by atoms with Crippen molar-refractivity contribution in [2.24, 2.45) is 0 Å². The maximum Gasteiger partial charge on any atom is 0.246 e. The van der Waals surface area contributed by atoms with E-state index in [2.05, 4.69) is 16.3 Å². The topological polar surface area (TPSA) is 96.3 Å². The number of anilines is 1. The van der Waals surface area contributed by atoms with Gasteiger partial charge in [-0.2, -0.15) is 0 Å². The SMILES string of the molecule is O=C(C=Cc1cc(F)cc(F)c1)N1CC[C@](O)([C@H](O)CN2CCC3(CC2)CNc2cc(Cl)ccc23)[C@H](O)C1. The van der Waals surface area contributed by atoms with Crippen LogP contribution in [0, 0.1) is 11.6 Å². The Bertz CT molecular complexity index is 1220. The molecule has 3 aliphatic rings. The number of carbonyl (C=O) groups is 1. The molecule has 0 aromatic heterocycles. The molecule has 1 amide bonds. The smallest absolute Gasteiger partial charge is 0.246 e. The normalized spacial score (nSPS) is 25.9. The number of hydrogen-bond acceptors (Lipinski definition) is 6. The van der Waals surface area contributed by atoms with Crippen molar-refractivity contribution in [2.75, 3.05) is 44.6 Å². The Labute approximate surface area is 225 Å². The minimum Gasteiger partial charge on any atom is -0.389 e. The van der Waals surface area contributed by atoms with E-state index in [1.165, 1.54) is 22.6 Å². The molecule has 0 radical (unpaired) electrons. The average molecular weight is 548 g/mol. The highest BCUT2D eigenvalue weighted by molar-refractivity contribution is 6.30. The predicted molar refractivity (Wildman–Crippen MR) is 141 cm³/mol. The Hall–Kier alpha value is -2.56. The highest BCUT2D eigenvalue weighted by Gasteiger charge is 2.48. The molecule has 0 bridgehead atoms. The van der Waals surface area contributed by atoms with Crippen LogP contribution in [0.2, 0.25) is 5.02 Å². The fourth-order valence-corrected chi connectivity index (χ4v) is 6.14. The van der Waals surface area contributed by atoms with Gasteiger partial charge in [-0.3, -0.25) is 4.79 Å². The lowest BCUT2D eigenvalue weighted by molar-refractivity contribution is -0.183. The largest absolute Gasteiger partial charge is 0.389 e. The summed E-state index contributed by atoms with van der Waals surface area (Å²) in [5.74, 6) is -1.95. The maximum absolute atomic E-state index is 13.4. The second kappa shape index (κ2) is 10.5. The first kappa shape index (κ1) is 27.0. The summed E-state index contributed by atoms with van der Waals surface area (Å²) in [5, 5.41) is 37.0. The van der Waals surface area contributed by atoms with Gasteiger partial charge in [0.25, 0.3) is 0 Å². The third kappa shape index (κ3) is 5.31. The molecule has 10 heteroatoms. The van der Waals surface area contributed by atoms with Crippen LogP contribution in [0.15, 0.2) is 42.5 Å². The maximum atomic E-state index is 13.4. The van der Waals surface area contributed by atoms with Gasteiger partial charge < -0.3 is 30.4 Å². The van der Waals surface area contributed by atoms with Gasteiger partial charge in [0.2, 0.25) is 5.91 Å². The zero-order chi connectivity index (χ0) is 27.1. The number of β-amino-alcohol motifs (C(OH)–C–C–N with tert-alkyl or cyclic N) is 2. The van der Waals surface area contributed by atoms with Crippen molar-refractivity contribution >= 4 is 29.3 Å². The van der Waals surface area contributed by atoms with Crippen molar-refractivity contribution in [2.45, 2.75) is 42.5 Å². The Morgan fingerprint density at radius 1 is 1.13 bits per heavy atom. The van der Waals surface area contributed by atoms with Gasteiger partial charge in [-0.05, 0) is 73.8 Å². The molecule has 2 aromatic carbocycles. The van der Waals surface area contributed by atoms with Gasteiger partial charge in [0.15, 0.2) is 0 Å². The van der Waals surface area contributed by atoms with Crippen molar-refractivity contribution in [3.63, 3.8) is 0 Å². The van der Waals surface area contributed by atoms with Crippen LogP contribution < -0.4 is 5.32 Å². The molecular weight excluding hydrogens is 516 g/mol. The monoisotopic (exact) mass is 547 g/mol. The van der Waals surface area contributed by atoms with Crippen LogP contribution in [0.25, 0.3) is 6.08 Å². The Morgan fingerprint density at radius 3 is 2.53 bits per heavy atom. The number of fused-ring (bicyclic) bond motifs is 2. The molecule has 0 unspecified atom stereocenters. The lowest BCUT2D eigenvalue weighted by atomic mass is 9.74. The fraction of sp³-hybridized carbons (Fsp3) is 0.464. The van der Waals surface area contributed by atoms with E-state index in [0.717, 1.165) is 56.4 Å². The first-order chi connectivity index (χ1) is 18.1. The standard InChI is InChI=1S/C28H32ClF2N3O4/c29-19-2-3-22-23(13-19)32-17-27(22)5-8-33(9-6-27)15-24(35)28(38)7-10-34(16-25(28)36)26(37)4-1-18-11-20(30)14-21(31)12-18/h1-4,11-14,24-25,32,35-36,38H,5-10,15-17H2/t24-,25-,28+/m1/s1. The molecule has 3 aliphatic heterocycles. The molecule has 1 spiro atoms. The minimum atomic E-state index is -1.75. The Balaban J connectivity index is 1.15. The van der Waals surface area contributed by atoms with Gasteiger partial charge >= 0.3 is 0 Å². The van der Waals surface area contributed by atoms with E-state index < -0.39 is 35.4 Å². The van der Waals surface area contributed by atoms with E-state index in [9.17, 15) is 28.9 Å². The molecule has 204 valence electrons. The number of aliphatic hydroxyl groups is 3. The Morgan fingerprint density at radius 2 is 1.84 bits per heavy atom. The lowest BCUT2D eigenvalue weighted by Gasteiger charge is -2.46. The molecule has 4 N–H and O–H groups in total. The summed E-state index contributed by atoms with van der Waals surface area (Å²) in [6.45, 7) is 2.49. The molecular formula is C28H32ClF2N3O4. The summed E-state index contributed by atoms with van der Waals surface area (Å²) in [5.41, 5.74) is 0.810. The van der Waals surface area contributed by atoms with E-state index in [1.807, 2.05) is 12.1 Å². The number of rotatable bonds is 5. The van der Waals surface area contributed by atoms with Crippen molar-refractivity contribution in [3.8, 4) is 0 Å². The van der Waals surface area contributed by atoms with Crippen molar-refractivity contribution < 1.29 is 28.9 Å². The molecule has 0 saturated carbocycles. The van der Waals surface area contributed by atoms with Gasteiger partial charge in [0.1, 0.15) is 23.3 Å². The number of carbonyl (C=O) groups excluding carboxylic acids is 1. The van der Waals surface area contributed by atoms with Crippen LogP contribution in [0.4, 0.5) is 14.5 Å². The van der Waals surface area contributed by atoms with Crippen LogP contribution in [0.1, 0.15) is 30.4 Å². The Kier molecular flexibility index (Phi) is 7.50. The highest BCUT2D eigenvalue weighted by atomic mass is 35.5. The number of hydrogen-bond donors (Lipinski definition) is 4. The van der Waals surface area contributed by atoms with E-state index in [4.69, 9.17) is 11.6 Å². The number of aliphatic hydroxyl groups excluding tert-OH is 2. The molecule has 5 rings (SSSR count). The number of nitrogens with zero attached hydrogens (tertiary/aromatic N) is 2. The number of nitrogens with one attached hydrogen (secondary N) is 1. The molecule has 7 nitrogen and oxygen atoms in total. The van der Waals surface area contributed by atoms with E-state index in [0.29, 0.717) is 5.02 Å². The number of likely N-dealkylation sites (tertiary alicyclic amines) is 2. The quantitative estimate of drug-likeness (QED) is 0.430. The van der Waals surface area contributed by atoms with Gasteiger partial charge in [0.05, 0.1) is 6.10 Å². The third-order valence-corrected chi connectivity index (χ3v) is 8.59. The summed E-state index contributed by atoms with van der Waals surface area (Å²) in [4.78, 5) is 16.0. The minimum absolute atomic E-state index is 0.000656. The summed E-state index contributed by atoms with van der Waals surface area (Å²) in [6, 6.07) is 8.90. The first-order valence-corrected chi connectivity index (χ1v) is 13.2. The molecule has 38 heavy (non-hydrogen) atoms. The van der Waals surface area contributed by atoms with E-state index >= 15 is 0 Å². The van der Waals surface area contributed by atoms with Crippen molar-refractivity contribution in [3.05, 3.63) is 70.3 Å². The van der Waals surface area contributed by atoms with Gasteiger partial charge in [-0.1, -0.05) is 17.7 Å². The van der Waals surface area contributed by atoms with E-state index in [-0.39, 0.29) is 37.0 Å². The number of halogens is 3. The first-order valence-electron chi connectivity index (χ1n) is 12.9. The molecule has 2 saturated heterocycles.